The largest absolute Gasteiger partial charge is 0.311 e. The molecule has 0 spiro atoms. The Morgan fingerprint density at radius 2 is 2.39 bits per heavy atom. The lowest BCUT2D eigenvalue weighted by Gasteiger charge is -2.19. The van der Waals surface area contributed by atoms with Crippen molar-refractivity contribution in [3.8, 4) is 6.07 Å². The Balaban J connectivity index is 1.89. The molecule has 1 fully saturated rings. The van der Waals surface area contributed by atoms with Gasteiger partial charge in [-0.15, -0.1) is 0 Å². The number of likely N-dealkylation sites (N-methyl/N-ethyl adjacent to an activating group) is 1. The topological polar surface area (TPSA) is 39.1 Å². The van der Waals surface area contributed by atoms with E-state index in [1.807, 2.05) is 6.07 Å². The summed E-state index contributed by atoms with van der Waals surface area (Å²) < 4.78 is 13.8. The minimum Gasteiger partial charge on any atom is -0.311 e. The Morgan fingerprint density at radius 3 is 3.06 bits per heavy atom. The lowest BCUT2D eigenvalue weighted by atomic mass is 10.1. The molecule has 1 heterocycles. The van der Waals surface area contributed by atoms with Gasteiger partial charge in [-0.1, -0.05) is 12.1 Å². The first-order valence-corrected chi connectivity index (χ1v) is 6.31. The first kappa shape index (κ1) is 13.0. The van der Waals surface area contributed by atoms with Gasteiger partial charge in [-0.2, -0.15) is 5.26 Å². The van der Waals surface area contributed by atoms with Crippen molar-refractivity contribution in [1.29, 1.82) is 5.26 Å². The van der Waals surface area contributed by atoms with Gasteiger partial charge in [0.1, 0.15) is 11.9 Å². The Labute approximate surface area is 107 Å². The van der Waals surface area contributed by atoms with Crippen LogP contribution in [0.2, 0.25) is 0 Å². The number of benzene rings is 1. The van der Waals surface area contributed by atoms with Gasteiger partial charge in [0.2, 0.25) is 0 Å². The molecule has 4 heteroatoms. The Hall–Kier alpha value is -1.44. The zero-order valence-electron chi connectivity index (χ0n) is 10.6. The highest BCUT2D eigenvalue weighted by atomic mass is 19.1. The van der Waals surface area contributed by atoms with Crippen molar-refractivity contribution in [2.24, 2.45) is 0 Å². The molecule has 1 unspecified atom stereocenters. The van der Waals surface area contributed by atoms with Gasteiger partial charge >= 0.3 is 0 Å². The van der Waals surface area contributed by atoms with E-state index in [2.05, 4.69) is 17.3 Å². The standard InChI is InChI=1S/C14H18FN3/c1-18-7-3-6-13(18)10-17-9-12-5-2-4-11(8-16)14(12)15/h2,4-5,13,17H,3,6-7,9-10H2,1H3. The number of nitrogens with one attached hydrogen (secondary N) is 1. The highest BCUT2D eigenvalue weighted by molar-refractivity contribution is 5.34. The Bertz CT molecular complexity index is 453. The molecule has 0 saturated carbocycles. The molecule has 96 valence electrons. The van der Waals surface area contributed by atoms with E-state index in [9.17, 15) is 4.39 Å². The average Bonchev–Trinajstić information content (AvgIpc) is 2.77. The zero-order chi connectivity index (χ0) is 13.0. The minimum atomic E-state index is -0.396. The van der Waals surface area contributed by atoms with Gasteiger partial charge < -0.3 is 10.2 Å². The maximum Gasteiger partial charge on any atom is 0.145 e. The number of halogens is 1. The summed E-state index contributed by atoms with van der Waals surface area (Å²) in [4.78, 5) is 2.33. The molecule has 1 aliphatic rings. The van der Waals surface area contributed by atoms with Crippen molar-refractivity contribution in [3.05, 3.63) is 35.1 Å². The van der Waals surface area contributed by atoms with Gasteiger partial charge in [0.25, 0.3) is 0 Å². The zero-order valence-corrected chi connectivity index (χ0v) is 10.6. The quantitative estimate of drug-likeness (QED) is 0.883. The third-order valence-electron chi connectivity index (χ3n) is 3.57. The van der Waals surface area contributed by atoms with Crippen LogP contribution in [0, 0.1) is 17.1 Å². The van der Waals surface area contributed by atoms with Crippen molar-refractivity contribution >= 4 is 0 Å². The number of rotatable bonds is 4. The maximum atomic E-state index is 13.8. The first-order valence-electron chi connectivity index (χ1n) is 6.31. The summed E-state index contributed by atoms with van der Waals surface area (Å²) in [7, 11) is 2.12. The summed E-state index contributed by atoms with van der Waals surface area (Å²) in [5.41, 5.74) is 0.682. The summed E-state index contributed by atoms with van der Waals surface area (Å²) in [5, 5.41) is 12.0. The second-order valence-electron chi connectivity index (χ2n) is 4.80. The van der Waals surface area contributed by atoms with Crippen molar-refractivity contribution < 1.29 is 4.39 Å². The van der Waals surface area contributed by atoms with Crippen LogP contribution >= 0.6 is 0 Å². The van der Waals surface area contributed by atoms with Gasteiger partial charge in [-0.25, -0.2) is 4.39 Å². The van der Waals surface area contributed by atoms with Crippen molar-refractivity contribution in [3.63, 3.8) is 0 Å². The number of nitriles is 1. The third kappa shape index (κ3) is 2.87. The van der Waals surface area contributed by atoms with Gasteiger partial charge in [0.15, 0.2) is 0 Å². The maximum absolute atomic E-state index is 13.8. The highest BCUT2D eigenvalue weighted by Gasteiger charge is 2.20. The molecule has 2 rings (SSSR count). The van der Waals surface area contributed by atoms with E-state index in [0.717, 1.165) is 13.1 Å². The van der Waals surface area contributed by atoms with E-state index >= 15 is 0 Å². The lowest BCUT2D eigenvalue weighted by Crippen LogP contribution is -2.35. The normalized spacial score (nSPS) is 19.9. The molecule has 0 aromatic heterocycles. The predicted octanol–water partition coefficient (Wildman–Crippen LogP) is 1.88. The number of hydrogen-bond donors (Lipinski definition) is 1. The van der Waals surface area contributed by atoms with E-state index in [4.69, 9.17) is 5.26 Å². The van der Waals surface area contributed by atoms with Crippen LogP contribution in [0.4, 0.5) is 4.39 Å². The lowest BCUT2D eigenvalue weighted by molar-refractivity contribution is 0.300. The SMILES string of the molecule is CN1CCCC1CNCc1cccc(C#N)c1F. The second kappa shape index (κ2) is 5.94. The predicted molar refractivity (Wildman–Crippen MR) is 68.5 cm³/mol. The molecule has 0 amide bonds. The van der Waals surface area contributed by atoms with Crippen LogP contribution in [0.15, 0.2) is 18.2 Å². The molecule has 18 heavy (non-hydrogen) atoms. The number of hydrogen-bond acceptors (Lipinski definition) is 3. The molecule has 0 bridgehead atoms. The Kier molecular flexibility index (Phi) is 4.29. The second-order valence-corrected chi connectivity index (χ2v) is 4.80. The molecular formula is C14H18FN3. The van der Waals surface area contributed by atoms with E-state index in [0.29, 0.717) is 18.2 Å². The minimum absolute atomic E-state index is 0.118. The fraction of sp³-hybridized carbons (Fsp3) is 0.500. The molecule has 1 aromatic rings. The van der Waals surface area contributed by atoms with Crippen LogP contribution in [0.5, 0.6) is 0 Å². The molecule has 1 aliphatic heterocycles. The summed E-state index contributed by atoms with van der Waals surface area (Å²) in [6, 6.07) is 7.36. The summed E-state index contributed by atoms with van der Waals surface area (Å²) >= 11 is 0. The van der Waals surface area contributed by atoms with Crippen molar-refractivity contribution in [2.45, 2.75) is 25.4 Å². The molecular weight excluding hydrogens is 229 g/mol. The van der Waals surface area contributed by atoms with E-state index in [1.165, 1.54) is 18.9 Å². The summed E-state index contributed by atoms with van der Waals surface area (Å²) in [6.45, 7) is 2.49. The van der Waals surface area contributed by atoms with Crippen LogP contribution in [-0.4, -0.2) is 31.1 Å². The average molecular weight is 247 g/mol. The van der Waals surface area contributed by atoms with Crippen LogP contribution in [-0.2, 0) is 6.54 Å². The van der Waals surface area contributed by atoms with Gasteiger partial charge in [0, 0.05) is 24.7 Å². The highest BCUT2D eigenvalue weighted by Crippen LogP contribution is 2.15. The fourth-order valence-corrected chi connectivity index (χ4v) is 2.41. The van der Waals surface area contributed by atoms with Crippen LogP contribution < -0.4 is 5.32 Å². The smallest absolute Gasteiger partial charge is 0.145 e. The number of likely N-dealkylation sites (tertiary alicyclic amines) is 1. The number of nitrogens with zero attached hydrogens (tertiary/aromatic N) is 2. The molecule has 1 N–H and O–H groups in total. The van der Waals surface area contributed by atoms with Crippen LogP contribution in [0.1, 0.15) is 24.0 Å². The van der Waals surface area contributed by atoms with Crippen molar-refractivity contribution in [1.82, 2.24) is 10.2 Å². The van der Waals surface area contributed by atoms with E-state index in [-0.39, 0.29) is 5.56 Å². The summed E-state index contributed by atoms with van der Waals surface area (Å²) in [6.07, 6.45) is 2.44. The van der Waals surface area contributed by atoms with Crippen molar-refractivity contribution in [2.75, 3.05) is 20.1 Å². The Morgan fingerprint density at radius 1 is 1.56 bits per heavy atom. The summed E-state index contributed by atoms with van der Waals surface area (Å²) in [5.74, 6) is -0.396. The molecule has 1 aromatic carbocycles. The van der Waals surface area contributed by atoms with Gasteiger partial charge in [-0.05, 0) is 32.5 Å². The molecule has 0 aliphatic carbocycles. The van der Waals surface area contributed by atoms with Crippen LogP contribution in [0.25, 0.3) is 0 Å². The first-order chi connectivity index (χ1) is 8.72. The van der Waals surface area contributed by atoms with Gasteiger partial charge in [0.05, 0.1) is 5.56 Å². The van der Waals surface area contributed by atoms with Gasteiger partial charge in [-0.3, -0.25) is 0 Å². The van der Waals surface area contributed by atoms with E-state index < -0.39 is 5.82 Å². The fourth-order valence-electron chi connectivity index (χ4n) is 2.41. The molecule has 1 atom stereocenters. The van der Waals surface area contributed by atoms with Crippen LogP contribution in [0.3, 0.4) is 0 Å². The third-order valence-corrected chi connectivity index (χ3v) is 3.57. The van der Waals surface area contributed by atoms with E-state index in [1.54, 1.807) is 12.1 Å². The molecule has 3 nitrogen and oxygen atoms in total. The monoisotopic (exact) mass is 247 g/mol. The molecule has 0 radical (unpaired) electrons. The molecule has 1 saturated heterocycles.